The summed E-state index contributed by atoms with van der Waals surface area (Å²) in [5.74, 6) is 0.611. The zero-order valence-corrected chi connectivity index (χ0v) is 30.0. The number of carbonyl (C=O) groups is 1. The Hall–Kier alpha value is -5.40. The van der Waals surface area contributed by atoms with E-state index in [2.05, 4.69) is 146 Å². The van der Waals surface area contributed by atoms with Crippen LogP contribution in [-0.4, -0.2) is 50.8 Å². The second-order valence-corrected chi connectivity index (χ2v) is 13.4. The highest BCUT2D eigenvalue weighted by Crippen LogP contribution is 2.43. The molecule has 0 aliphatic rings. The number of benzene rings is 5. The fourth-order valence-corrected chi connectivity index (χ4v) is 7.28. The lowest BCUT2D eigenvalue weighted by atomic mass is 9.77. The summed E-state index contributed by atoms with van der Waals surface area (Å²) >= 11 is 0. The first-order chi connectivity index (χ1) is 25.0. The maximum Gasteiger partial charge on any atom is 0.323 e. The Bertz CT molecular complexity index is 1880. The lowest BCUT2D eigenvalue weighted by molar-refractivity contribution is -0.149. The first-order valence-corrected chi connectivity index (χ1v) is 17.9. The van der Waals surface area contributed by atoms with Crippen LogP contribution in [0.25, 0.3) is 22.5 Å². The zero-order chi connectivity index (χ0) is 35.6. The van der Waals surface area contributed by atoms with Crippen molar-refractivity contribution in [2.75, 3.05) is 13.7 Å². The third-order valence-corrected chi connectivity index (χ3v) is 9.70. The van der Waals surface area contributed by atoms with Crippen molar-refractivity contribution in [1.82, 2.24) is 25.1 Å². The van der Waals surface area contributed by atoms with Crippen molar-refractivity contribution in [3.8, 4) is 22.5 Å². The van der Waals surface area contributed by atoms with Gasteiger partial charge in [0.1, 0.15) is 11.6 Å². The van der Waals surface area contributed by atoms with Gasteiger partial charge in [0.25, 0.3) is 0 Å². The van der Waals surface area contributed by atoms with E-state index in [1.807, 2.05) is 28.9 Å². The number of aromatic nitrogens is 4. The van der Waals surface area contributed by atoms with Gasteiger partial charge in [-0.15, -0.1) is 5.10 Å². The molecule has 6 rings (SSSR count). The lowest BCUT2D eigenvalue weighted by Crippen LogP contribution is -2.45. The topological polar surface area (TPSA) is 73.1 Å². The van der Waals surface area contributed by atoms with Crippen molar-refractivity contribution >= 4 is 5.97 Å². The van der Waals surface area contributed by atoms with Crippen molar-refractivity contribution in [3.63, 3.8) is 0 Å². The number of nitrogens with zero attached hydrogens (tertiary/aromatic N) is 5. The molecule has 0 saturated heterocycles. The number of ether oxygens (including phenoxy) is 1. The first-order valence-electron chi connectivity index (χ1n) is 17.9. The van der Waals surface area contributed by atoms with Gasteiger partial charge in [0.2, 0.25) is 0 Å². The highest BCUT2D eigenvalue weighted by atomic mass is 16.5. The highest BCUT2D eigenvalue weighted by molar-refractivity contribution is 5.81. The minimum absolute atomic E-state index is 0.131. The number of rotatable bonds is 15. The second kappa shape index (κ2) is 16.5. The lowest BCUT2D eigenvalue weighted by Gasteiger charge is -2.36. The van der Waals surface area contributed by atoms with E-state index in [1.165, 1.54) is 7.11 Å². The summed E-state index contributed by atoms with van der Waals surface area (Å²) in [5.41, 5.74) is 6.44. The molecule has 0 aliphatic heterocycles. The Morgan fingerprint density at radius 1 is 0.725 bits per heavy atom. The van der Waals surface area contributed by atoms with Crippen LogP contribution >= 0.6 is 0 Å². The van der Waals surface area contributed by atoms with Crippen LogP contribution in [0.1, 0.15) is 62.3 Å². The van der Waals surface area contributed by atoms with E-state index in [4.69, 9.17) is 15.0 Å². The van der Waals surface area contributed by atoms with Crippen LogP contribution in [0.3, 0.4) is 0 Å². The molecule has 0 unspecified atom stereocenters. The van der Waals surface area contributed by atoms with E-state index < -0.39 is 5.54 Å². The van der Waals surface area contributed by atoms with Crippen LogP contribution in [0, 0.1) is 5.92 Å². The Balaban J connectivity index is 1.43. The zero-order valence-electron chi connectivity index (χ0n) is 30.0. The van der Waals surface area contributed by atoms with Gasteiger partial charge >= 0.3 is 5.97 Å². The molecule has 260 valence electrons. The molecule has 1 aromatic heterocycles. The van der Waals surface area contributed by atoms with Gasteiger partial charge in [0.15, 0.2) is 5.82 Å². The molecule has 7 nitrogen and oxygen atoms in total. The third-order valence-electron chi connectivity index (χ3n) is 9.70. The minimum atomic E-state index is -0.854. The van der Waals surface area contributed by atoms with Gasteiger partial charge in [-0.1, -0.05) is 173 Å². The molecule has 1 heterocycles. The molecule has 0 fully saturated rings. The summed E-state index contributed by atoms with van der Waals surface area (Å²) in [6.07, 6.45) is 3.28. The molecule has 0 radical (unpaired) electrons. The number of carbonyl (C=O) groups excluding carboxylic acids is 1. The predicted octanol–water partition coefficient (Wildman–Crippen LogP) is 9.04. The smallest absolute Gasteiger partial charge is 0.323 e. The van der Waals surface area contributed by atoms with Gasteiger partial charge in [0, 0.05) is 12.1 Å². The average Bonchev–Trinajstić information content (AvgIpc) is 3.67. The van der Waals surface area contributed by atoms with Crippen LogP contribution in [0.4, 0.5) is 0 Å². The van der Waals surface area contributed by atoms with E-state index in [9.17, 15) is 4.79 Å². The normalized spacial score (nSPS) is 12.3. The number of hydrogen-bond donors (Lipinski definition) is 0. The van der Waals surface area contributed by atoms with Gasteiger partial charge in [-0.25, -0.2) is 4.68 Å². The number of methoxy groups -OCH3 is 1. The summed E-state index contributed by atoms with van der Waals surface area (Å²) < 4.78 is 7.22. The van der Waals surface area contributed by atoms with Crippen LogP contribution in [-0.2, 0) is 21.6 Å². The average molecular weight is 678 g/mol. The molecule has 0 N–H and O–H groups in total. The van der Waals surface area contributed by atoms with Crippen molar-refractivity contribution in [2.45, 2.75) is 58.2 Å². The van der Waals surface area contributed by atoms with Crippen molar-refractivity contribution in [3.05, 3.63) is 162 Å². The largest absolute Gasteiger partial charge is 0.468 e. The van der Waals surface area contributed by atoms with Crippen LogP contribution in [0.5, 0.6) is 0 Å². The molecule has 0 bridgehead atoms. The van der Waals surface area contributed by atoms with E-state index >= 15 is 0 Å². The molecule has 0 amide bonds. The molecule has 1 atom stereocenters. The molecule has 7 heteroatoms. The molecule has 51 heavy (non-hydrogen) atoms. The van der Waals surface area contributed by atoms with Crippen LogP contribution < -0.4 is 0 Å². The first kappa shape index (κ1) is 35.4. The fraction of sp³-hybridized carbons (Fsp3) is 0.273. The maximum absolute atomic E-state index is 12.9. The van der Waals surface area contributed by atoms with Crippen molar-refractivity contribution < 1.29 is 9.53 Å². The summed E-state index contributed by atoms with van der Waals surface area (Å²) in [4.78, 5) is 15.2. The van der Waals surface area contributed by atoms with E-state index in [-0.39, 0.29) is 17.9 Å². The van der Waals surface area contributed by atoms with Gasteiger partial charge < -0.3 is 4.74 Å². The Kier molecular flexibility index (Phi) is 11.5. The minimum Gasteiger partial charge on any atom is -0.468 e. The van der Waals surface area contributed by atoms with Crippen LogP contribution in [0.2, 0.25) is 0 Å². The van der Waals surface area contributed by atoms with E-state index in [0.717, 1.165) is 64.8 Å². The monoisotopic (exact) mass is 677 g/mol. The quantitative estimate of drug-likeness (QED) is 0.0614. The maximum atomic E-state index is 12.9. The SMILES string of the molecule is CCCCCN(Cc1ccc(-c2ccccc2-c2nnnn2C(c2ccccc2)(c2ccccc2)c2ccccc2)cc1)[C@H](C(=O)OC)C(C)C. The molecule has 5 aromatic carbocycles. The van der Waals surface area contributed by atoms with Gasteiger partial charge in [0.05, 0.1) is 7.11 Å². The molecule has 0 spiro atoms. The molecule has 0 saturated carbocycles. The third kappa shape index (κ3) is 7.40. The number of tetrazole rings is 1. The molecular formula is C44H47N5O2. The second-order valence-electron chi connectivity index (χ2n) is 13.4. The Morgan fingerprint density at radius 2 is 1.25 bits per heavy atom. The number of hydrogen-bond acceptors (Lipinski definition) is 6. The molecule has 6 aromatic rings. The van der Waals surface area contributed by atoms with Crippen LogP contribution in [0.15, 0.2) is 140 Å². The highest BCUT2D eigenvalue weighted by Gasteiger charge is 2.42. The van der Waals surface area contributed by atoms with Gasteiger partial charge in [-0.3, -0.25) is 9.69 Å². The van der Waals surface area contributed by atoms with E-state index in [1.54, 1.807) is 0 Å². The summed E-state index contributed by atoms with van der Waals surface area (Å²) in [6.45, 7) is 7.87. The predicted molar refractivity (Wildman–Crippen MR) is 204 cm³/mol. The Morgan fingerprint density at radius 3 is 1.76 bits per heavy atom. The Labute approximate surface area is 301 Å². The standard InChI is InChI=1S/C44H47N5O2/c1-5-6-18-31-48(41(33(2)3)43(50)51-4)32-34-27-29-35(30-28-34)39-25-16-17-26-40(39)42-45-46-47-49(42)44(36-19-10-7-11-20-36,37-21-12-8-13-22-37)38-23-14-9-15-24-38/h7-17,19-30,33,41H,5-6,18,31-32H2,1-4H3/t41-/m0/s1. The summed E-state index contributed by atoms with van der Waals surface area (Å²) in [7, 11) is 1.48. The molecule has 0 aliphatic carbocycles. The van der Waals surface area contributed by atoms with E-state index in [0.29, 0.717) is 12.4 Å². The van der Waals surface area contributed by atoms with Crippen molar-refractivity contribution in [2.24, 2.45) is 5.92 Å². The van der Waals surface area contributed by atoms with Gasteiger partial charge in [-0.2, -0.15) is 0 Å². The molecular weight excluding hydrogens is 631 g/mol. The van der Waals surface area contributed by atoms with Gasteiger partial charge in [-0.05, 0) is 62.7 Å². The summed E-state index contributed by atoms with van der Waals surface area (Å²) in [5, 5.41) is 13.8. The number of esters is 1. The van der Waals surface area contributed by atoms with Crippen molar-refractivity contribution in [1.29, 1.82) is 0 Å². The fourth-order valence-electron chi connectivity index (χ4n) is 7.28. The number of unbranched alkanes of at least 4 members (excludes halogenated alkanes) is 2. The summed E-state index contributed by atoms with van der Waals surface area (Å²) in [6, 6.07) is 48.0.